The molecule has 1 aliphatic rings. The normalized spacial score (nSPS) is 25.5. The van der Waals surface area contributed by atoms with E-state index in [9.17, 15) is 14.7 Å². The van der Waals surface area contributed by atoms with Crippen LogP contribution in [0.1, 0.15) is 39.5 Å². The van der Waals surface area contributed by atoms with E-state index < -0.39 is 12.0 Å². The highest BCUT2D eigenvalue weighted by Gasteiger charge is 2.40. The third kappa shape index (κ3) is 4.45. The number of carbonyl (C=O) groups excluding carboxylic acids is 1. The van der Waals surface area contributed by atoms with Crippen LogP contribution in [0.3, 0.4) is 0 Å². The Morgan fingerprint density at radius 1 is 1.40 bits per heavy atom. The number of aliphatic carboxylic acids is 1. The van der Waals surface area contributed by atoms with Crippen LogP contribution in [0.5, 0.6) is 0 Å². The molecule has 1 fully saturated rings. The molecule has 20 heavy (non-hydrogen) atoms. The van der Waals surface area contributed by atoms with Crippen molar-refractivity contribution in [3.05, 3.63) is 0 Å². The van der Waals surface area contributed by atoms with Gasteiger partial charge >= 0.3 is 5.97 Å². The average molecular weight is 286 g/mol. The van der Waals surface area contributed by atoms with Crippen molar-refractivity contribution in [2.75, 3.05) is 13.7 Å². The summed E-state index contributed by atoms with van der Waals surface area (Å²) in [4.78, 5) is 25.1. The molecule has 0 aromatic heterocycles. The predicted molar refractivity (Wildman–Crippen MR) is 75.2 cm³/mol. The van der Waals surface area contributed by atoms with Crippen molar-refractivity contribution in [3.8, 4) is 0 Å². The van der Waals surface area contributed by atoms with Crippen LogP contribution in [0, 0.1) is 5.92 Å². The molecule has 116 valence electrons. The zero-order chi connectivity index (χ0) is 15.3. The minimum Gasteiger partial charge on any atom is -0.480 e. The van der Waals surface area contributed by atoms with Crippen LogP contribution < -0.4 is 5.73 Å². The van der Waals surface area contributed by atoms with Crippen LogP contribution in [0.15, 0.2) is 0 Å². The van der Waals surface area contributed by atoms with Gasteiger partial charge in [-0.05, 0) is 19.8 Å². The van der Waals surface area contributed by atoms with Gasteiger partial charge in [-0.1, -0.05) is 13.3 Å². The zero-order valence-electron chi connectivity index (χ0n) is 12.5. The lowest BCUT2D eigenvalue weighted by molar-refractivity contribution is -0.149. The maximum atomic E-state index is 12.4. The first kappa shape index (κ1) is 16.9. The second kappa shape index (κ2) is 7.59. The van der Waals surface area contributed by atoms with Crippen LogP contribution in [0.4, 0.5) is 0 Å². The molecule has 3 N–H and O–H groups in total. The Morgan fingerprint density at radius 3 is 2.55 bits per heavy atom. The van der Waals surface area contributed by atoms with Crippen molar-refractivity contribution < 1.29 is 19.4 Å². The molecule has 0 spiro atoms. The SMILES string of the molecule is COC1CC(C(=O)O)N(C(=O)C(C)CCCC(C)N)C1. The third-order valence-corrected chi connectivity index (χ3v) is 3.88. The Hall–Kier alpha value is -1.14. The molecule has 1 rings (SSSR count). The number of carboxylic acids is 1. The number of ether oxygens (including phenoxy) is 1. The highest BCUT2D eigenvalue weighted by molar-refractivity contribution is 5.85. The lowest BCUT2D eigenvalue weighted by atomic mass is 10.0. The van der Waals surface area contributed by atoms with Gasteiger partial charge in [0.15, 0.2) is 0 Å². The number of hydrogen-bond donors (Lipinski definition) is 2. The van der Waals surface area contributed by atoms with Crippen LogP contribution in [0.2, 0.25) is 0 Å². The van der Waals surface area contributed by atoms with E-state index in [1.54, 1.807) is 7.11 Å². The van der Waals surface area contributed by atoms with Gasteiger partial charge in [0.25, 0.3) is 0 Å². The van der Waals surface area contributed by atoms with Gasteiger partial charge in [0.2, 0.25) is 5.91 Å². The summed E-state index contributed by atoms with van der Waals surface area (Å²) in [5, 5.41) is 9.21. The molecule has 0 bridgehead atoms. The fourth-order valence-electron chi connectivity index (χ4n) is 2.60. The Morgan fingerprint density at radius 2 is 2.05 bits per heavy atom. The number of amides is 1. The predicted octanol–water partition coefficient (Wildman–Crippen LogP) is 0.841. The molecule has 6 nitrogen and oxygen atoms in total. The van der Waals surface area contributed by atoms with Crippen LogP contribution in [0.25, 0.3) is 0 Å². The maximum Gasteiger partial charge on any atom is 0.326 e. The summed E-state index contributed by atoms with van der Waals surface area (Å²) in [5.74, 6) is -1.23. The van der Waals surface area contributed by atoms with Gasteiger partial charge in [0.05, 0.1) is 6.10 Å². The first-order chi connectivity index (χ1) is 9.36. The summed E-state index contributed by atoms with van der Waals surface area (Å²) in [6.45, 7) is 4.16. The van der Waals surface area contributed by atoms with Crippen LogP contribution in [-0.2, 0) is 14.3 Å². The van der Waals surface area contributed by atoms with E-state index in [1.165, 1.54) is 4.90 Å². The maximum absolute atomic E-state index is 12.4. The van der Waals surface area contributed by atoms with E-state index in [2.05, 4.69) is 0 Å². The summed E-state index contributed by atoms with van der Waals surface area (Å²) in [6.07, 6.45) is 2.67. The van der Waals surface area contributed by atoms with Gasteiger partial charge < -0.3 is 20.5 Å². The molecule has 0 aromatic rings. The third-order valence-electron chi connectivity index (χ3n) is 3.88. The lowest BCUT2D eigenvalue weighted by Gasteiger charge is -2.25. The summed E-state index contributed by atoms with van der Waals surface area (Å²) in [7, 11) is 1.55. The molecule has 0 aliphatic carbocycles. The fourth-order valence-corrected chi connectivity index (χ4v) is 2.60. The number of hydrogen-bond acceptors (Lipinski definition) is 4. The van der Waals surface area contributed by atoms with Crippen molar-refractivity contribution in [3.63, 3.8) is 0 Å². The summed E-state index contributed by atoms with van der Waals surface area (Å²) in [5.41, 5.74) is 5.69. The van der Waals surface area contributed by atoms with Gasteiger partial charge in [-0.25, -0.2) is 4.79 Å². The number of carbonyl (C=O) groups is 2. The molecule has 1 aliphatic heterocycles. The number of nitrogens with two attached hydrogens (primary N) is 1. The average Bonchev–Trinajstić information content (AvgIpc) is 2.81. The van der Waals surface area contributed by atoms with Gasteiger partial charge in [-0.3, -0.25) is 4.79 Å². The minimum atomic E-state index is -0.958. The smallest absolute Gasteiger partial charge is 0.326 e. The second-order valence-electron chi connectivity index (χ2n) is 5.75. The van der Waals surface area contributed by atoms with Crippen LogP contribution in [-0.4, -0.2) is 53.7 Å². The first-order valence-electron chi connectivity index (χ1n) is 7.18. The highest BCUT2D eigenvalue weighted by Crippen LogP contribution is 2.24. The van der Waals surface area contributed by atoms with Crippen molar-refractivity contribution in [2.45, 2.75) is 57.7 Å². The molecule has 0 aromatic carbocycles. The molecule has 6 heteroatoms. The van der Waals surface area contributed by atoms with E-state index in [4.69, 9.17) is 10.5 Å². The van der Waals surface area contributed by atoms with Gasteiger partial charge in [0, 0.05) is 32.0 Å². The number of rotatable bonds is 7. The Balaban J connectivity index is 2.57. The van der Waals surface area contributed by atoms with Crippen molar-refractivity contribution in [2.24, 2.45) is 11.7 Å². The van der Waals surface area contributed by atoms with E-state index in [0.29, 0.717) is 13.0 Å². The number of methoxy groups -OCH3 is 1. The molecule has 1 amide bonds. The highest BCUT2D eigenvalue weighted by atomic mass is 16.5. The Labute approximate surface area is 120 Å². The number of likely N-dealkylation sites (tertiary alicyclic amines) is 1. The molecule has 1 heterocycles. The van der Waals surface area contributed by atoms with E-state index in [0.717, 1.165) is 19.3 Å². The van der Waals surface area contributed by atoms with E-state index in [-0.39, 0.29) is 24.0 Å². The second-order valence-corrected chi connectivity index (χ2v) is 5.75. The Bertz CT molecular complexity index is 346. The molecule has 4 unspecified atom stereocenters. The molecule has 0 saturated carbocycles. The monoisotopic (exact) mass is 286 g/mol. The van der Waals surface area contributed by atoms with Crippen molar-refractivity contribution >= 4 is 11.9 Å². The molecular formula is C14H26N2O4. The quantitative estimate of drug-likeness (QED) is 0.723. The first-order valence-corrected chi connectivity index (χ1v) is 7.18. The van der Waals surface area contributed by atoms with E-state index >= 15 is 0 Å². The lowest BCUT2D eigenvalue weighted by Crippen LogP contribution is -2.43. The fraction of sp³-hybridized carbons (Fsp3) is 0.857. The Kier molecular flexibility index (Phi) is 6.42. The van der Waals surface area contributed by atoms with Crippen molar-refractivity contribution in [1.29, 1.82) is 0 Å². The van der Waals surface area contributed by atoms with Crippen molar-refractivity contribution in [1.82, 2.24) is 4.90 Å². The molecule has 4 atom stereocenters. The molecular weight excluding hydrogens is 260 g/mol. The summed E-state index contributed by atoms with van der Waals surface area (Å²) < 4.78 is 5.19. The zero-order valence-corrected chi connectivity index (χ0v) is 12.5. The van der Waals surface area contributed by atoms with E-state index in [1.807, 2.05) is 13.8 Å². The molecule has 0 radical (unpaired) electrons. The van der Waals surface area contributed by atoms with Gasteiger partial charge in [0.1, 0.15) is 6.04 Å². The summed E-state index contributed by atoms with van der Waals surface area (Å²) in [6, 6.07) is -0.628. The van der Waals surface area contributed by atoms with Crippen LogP contribution >= 0.6 is 0 Å². The summed E-state index contributed by atoms with van der Waals surface area (Å²) >= 11 is 0. The standard InChI is InChI=1S/C14H26N2O4/c1-9(5-4-6-10(2)15)13(17)16-8-11(20-3)7-12(16)14(18)19/h9-12H,4-8,15H2,1-3H3,(H,18,19). The topological polar surface area (TPSA) is 92.9 Å². The minimum absolute atomic E-state index is 0.0957. The number of carboxylic acid groups (broad SMARTS) is 1. The van der Waals surface area contributed by atoms with Gasteiger partial charge in [-0.2, -0.15) is 0 Å². The largest absolute Gasteiger partial charge is 0.480 e. The molecule has 1 saturated heterocycles. The number of nitrogens with zero attached hydrogens (tertiary/aromatic N) is 1. The van der Waals surface area contributed by atoms with Gasteiger partial charge in [-0.15, -0.1) is 0 Å².